The second-order valence-electron chi connectivity index (χ2n) is 3.87. The Morgan fingerprint density at radius 2 is 2.17 bits per heavy atom. The van der Waals surface area contributed by atoms with Gasteiger partial charge in [-0.1, -0.05) is 0 Å². The fourth-order valence-corrected chi connectivity index (χ4v) is 1.63. The molecule has 1 aliphatic heterocycles. The van der Waals surface area contributed by atoms with Crippen molar-refractivity contribution >= 4 is 17.6 Å². The number of carbonyl (C=O) groups excluding carboxylic acids is 2. The van der Waals surface area contributed by atoms with Crippen LogP contribution in [0.1, 0.15) is 17.2 Å². The van der Waals surface area contributed by atoms with Crippen LogP contribution in [0.15, 0.2) is 12.3 Å². The summed E-state index contributed by atoms with van der Waals surface area (Å²) in [6, 6.07) is 1.72. The zero-order valence-corrected chi connectivity index (χ0v) is 10.2. The van der Waals surface area contributed by atoms with Gasteiger partial charge in [0.1, 0.15) is 5.97 Å². The molecule has 0 spiro atoms. The Labute approximate surface area is 116 Å². The van der Waals surface area contributed by atoms with Gasteiger partial charge in [0.05, 0.1) is 25.1 Å². The third-order valence-electron chi connectivity index (χ3n) is 2.65. The number of hydrogen-bond donors (Lipinski definition) is 1. The number of amides is 1. The fourth-order valence-electron chi connectivity index (χ4n) is 1.63. The van der Waals surface area contributed by atoms with Crippen molar-refractivity contribution in [1.29, 1.82) is 0 Å². The van der Waals surface area contributed by atoms with Crippen molar-refractivity contribution in [2.45, 2.75) is 12.8 Å². The van der Waals surface area contributed by atoms with E-state index in [1.165, 1.54) is 6.20 Å². The van der Waals surface area contributed by atoms with E-state index in [9.17, 15) is 14.7 Å². The Morgan fingerprint density at radius 3 is 2.67 bits per heavy atom. The van der Waals surface area contributed by atoms with Gasteiger partial charge in [-0.05, 0) is 18.6 Å². The van der Waals surface area contributed by atoms with E-state index in [0.29, 0.717) is 18.9 Å². The molecule has 0 unspecified atom stereocenters. The summed E-state index contributed by atoms with van der Waals surface area (Å²) in [5, 5.41) is 12.5. The molecule has 0 saturated carbocycles. The van der Waals surface area contributed by atoms with Crippen LogP contribution in [0, 0.1) is 6.92 Å². The first-order chi connectivity index (χ1) is 8.08. The van der Waals surface area contributed by atoms with Crippen LogP contribution >= 0.6 is 0 Å². The molecule has 7 heteroatoms. The molecule has 1 fully saturated rings. The van der Waals surface area contributed by atoms with Gasteiger partial charge in [-0.15, -0.1) is 0 Å². The molecule has 2 heterocycles. The van der Waals surface area contributed by atoms with Crippen molar-refractivity contribution in [3.8, 4) is 0 Å². The summed E-state index contributed by atoms with van der Waals surface area (Å²) in [4.78, 5) is 25.3. The van der Waals surface area contributed by atoms with Gasteiger partial charge in [0.25, 0.3) is 5.91 Å². The molecule has 1 aromatic heterocycles. The van der Waals surface area contributed by atoms with Crippen molar-refractivity contribution in [1.82, 2.24) is 4.98 Å². The minimum Gasteiger partial charge on any atom is -0.540 e. The molecule has 1 saturated heterocycles. The number of hydrogen-bond acceptors (Lipinski definition) is 5. The third kappa shape index (κ3) is 3.10. The number of nitrogens with one attached hydrogen (secondary N) is 1. The molecule has 18 heavy (non-hydrogen) atoms. The largest absolute Gasteiger partial charge is 1.00 e. The summed E-state index contributed by atoms with van der Waals surface area (Å²) >= 11 is 0. The predicted octanol–water partition coefficient (Wildman–Crippen LogP) is -3.80. The number of aromatic nitrogens is 1. The van der Waals surface area contributed by atoms with E-state index in [-0.39, 0.29) is 24.8 Å². The minimum atomic E-state index is -1.76. The molecule has 6 nitrogen and oxygen atoms in total. The first-order valence-corrected chi connectivity index (χ1v) is 5.14. The van der Waals surface area contributed by atoms with Gasteiger partial charge in [-0.25, -0.2) is 0 Å². The van der Waals surface area contributed by atoms with Crippen LogP contribution in [-0.2, 0) is 14.3 Å². The second-order valence-corrected chi connectivity index (χ2v) is 3.87. The molecule has 1 aromatic rings. The number of ether oxygens (including phenoxy) is 1. The Balaban J connectivity index is 0.00000162. The second kappa shape index (κ2) is 6.00. The van der Waals surface area contributed by atoms with Crippen molar-refractivity contribution in [2.24, 2.45) is 0 Å². The molecule has 0 atom stereocenters. The number of nitrogens with zero attached hydrogens (tertiary/aromatic N) is 1. The van der Waals surface area contributed by atoms with Gasteiger partial charge in [-0.3, -0.25) is 9.78 Å². The van der Waals surface area contributed by atoms with E-state index in [4.69, 9.17) is 4.74 Å². The van der Waals surface area contributed by atoms with E-state index < -0.39 is 11.9 Å². The standard InChI is InChI=1S/C11H12N2O4.Li/c1-6-9(7-4-17-5-7)2-8(3-12-6)13-10(14)11(15)16;/h2-3,7H,4-5H2,1H3,(H,13,14)(H,15,16);/q;+1/p-1. The number of carboxylic acid groups (broad SMARTS) is 1. The number of aliphatic carboxylic acids is 1. The van der Waals surface area contributed by atoms with E-state index in [0.717, 1.165) is 11.3 Å². The van der Waals surface area contributed by atoms with Crippen LogP contribution in [0.2, 0.25) is 0 Å². The molecule has 1 amide bonds. The van der Waals surface area contributed by atoms with E-state index in [1.54, 1.807) is 6.07 Å². The molecule has 1 N–H and O–H groups in total. The molecule has 1 aliphatic rings. The Kier molecular flexibility index (Phi) is 4.91. The van der Waals surface area contributed by atoms with Gasteiger partial charge in [0, 0.05) is 11.6 Å². The number of rotatable bonds is 2. The SMILES string of the molecule is Cc1ncc(NC(=O)C(=O)[O-])cc1C1COC1.[Li+]. The summed E-state index contributed by atoms with van der Waals surface area (Å²) in [5.41, 5.74) is 2.17. The average molecular weight is 242 g/mol. The monoisotopic (exact) mass is 242 g/mol. The van der Waals surface area contributed by atoms with Crippen LogP contribution in [0.25, 0.3) is 0 Å². The quantitative estimate of drug-likeness (QED) is 0.424. The molecule has 2 rings (SSSR count). The van der Waals surface area contributed by atoms with Crippen molar-refractivity contribution < 1.29 is 38.3 Å². The Bertz CT molecular complexity index is 474. The van der Waals surface area contributed by atoms with Crippen LogP contribution in [0.4, 0.5) is 5.69 Å². The summed E-state index contributed by atoms with van der Waals surface area (Å²) in [6.07, 6.45) is 1.42. The number of aryl methyl sites for hydroxylation is 1. The van der Waals surface area contributed by atoms with Crippen molar-refractivity contribution in [2.75, 3.05) is 18.5 Å². The van der Waals surface area contributed by atoms with Crippen LogP contribution < -0.4 is 29.3 Å². The van der Waals surface area contributed by atoms with Gasteiger partial charge >= 0.3 is 18.9 Å². The van der Waals surface area contributed by atoms with E-state index in [2.05, 4.69) is 10.3 Å². The zero-order chi connectivity index (χ0) is 12.4. The number of pyridine rings is 1. The normalized spacial score (nSPS) is 14.3. The van der Waals surface area contributed by atoms with E-state index >= 15 is 0 Å². The molecular formula is C11H11LiN2O4. The number of anilines is 1. The molecule has 90 valence electrons. The first kappa shape index (κ1) is 14.7. The number of carbonyl (C=O) groups is 2. The Hall–Kier alpha value is -1.35. The summed E-state index contributed by atoms with van der Waals surface area (Å²) < 4.78 is 5.08. The fraction of sp³-hybridized carbons (Fsp3) is 0.364. The maximum Gasteiger partial charge on any atom is 1.00 e. The topological polar surface area (TPSA) is 91.4 Å². The van der Waals surface area contributed by atoms with Crippen LogP contribution in [-0.4, -0.2) is 30.1 Å². The summed E-state index contributed by atoms with van der Waals surface area (Å²) in [5.74, 6) is -2.67. The van der Waals surface area contributed by atoms with Gasteiger partial charge in [0.2, 0.25) is 0 Å². The van der Waals surface area contributed by atoms with Gasteiger partial charge in [0.15, 0.2) is 0 Å². The molecule has 0 bridgehead atoms. The maximum atomic E-state index is 10.9. The molecular weight excluding hydrogens is 231 g/mol. The predicted molar refractivity (Wildman–Crippen MR) is 56.2 cm³/mol. The molecule has 0 aliphatic carbocycles. The summed E-state index contributed by atoms with van der Waals surface area (Å²) in [6.45, 7) is 3.11. The molecule has 0 aromatic carbocycles. The van der Waals surface area contributed by atoms with Gasteiger partial charge in [-0.2, -0.15) is 0 Å². The maximum absolute atomic E-state index is 10.9. The first-order valence-electron chi connectivity index (χ1n) is 5.14. The van der Waals surface area contributed by atoms with Crippen LogP contribution in [0.3, 0.4) is 0 Å². The van der Waals surface area contributed by atoms with Gasteiger partial charge < -0.3 is 20.0 Å². The minimum absolute atomic E-state index is 0. The smallest absolute Gasteiger partial charge is 0.540 e. The Morgan fingerprint density at radius 1 is 1.50 bits per heavy atom. The van der Waals surface area contributed by atoms with E-state index in [1.807, 2.05) is 6.92 Å². The molecule has 0 radical (unpaired) electrons. The van der Waals surface area contributed by atoms with Crippen LogP contribution in [0.5, 0.6) is 0 Å². The third-order valence-corrected chi connectivity index (χ3v) is 2.65. The number of carboxylic acids is 1. The summed E-state index contributed by atoms with van der Waals surface area (Å²) in [7, 11) is 0. The van der Waals surface area contributed by atoms with Crippen molar-refractivity contribution in [3.05, 3.63) is 23.5 Å². The van der Waals surface area contributed by atoms with Crippen molar-refractivity contribution in [3.63, 3.8) is 0 Å². The zero-order valence-electron chi connectivity index (χ0n) is 10.2. The average Bonchev–Trinajstić information content (AvgIpc) is 2.20.